The zero-order chi connectivity index (χ0) is 20.2. The van der Waals surface area contributed by atoms with Crippen LogP contribution < -0.4 is 5.32 Å². The van der Waals surface area contributed by atoms with Gasteiger partial charge in [-0.1, -0.05) is 31.9 Å². The molecule has 0 unspecified atom stereocenters. The Hall–Kier alpha value is -2.47. The van der Waals surface area contributed by atoms with Crippen LogP contribution in [0.5, 0.6) is 0 Å². The fourth-order valence-corrected chi connectivity index (χ4v) is 4.06. The van der Waals surface area contributed by atoms with E-state index in [-0.39, 0.29) is 11.5 Å². The van der Waals surface area contributed by atoms with E-state index in [0.29, 0.717) is 24.4 Å². The molecule has 1 aliphatic heterocycles. The molecule has 1 N–H and O–H groups in total. The molecule has 2 aromatic heterocycles. The zero-order valence-electron chi connectivity index (χ0n) is 17.6. The fraction of sp³-hybridized carbons (Fsp3) is 0.522. The number of hydrogen-bond donors (Lipinski definition) is 1. The minimum Gasteiger partial charge on any atom is -0.402 e. The highest BCUT2D eigenvalue weighted by Gasteiger charge is 2.28. The number of nitrogens with zero attached hydrogens (tertiary/aromatic N) is 3. The largest absolute Gasteiger partial charge is 0.402 e. The van der Waals surface area contributed by atoms with Gasteiger partial charge in [0, 0.05) is 12.0 Å². The molecule has 3 aromatic rings. The van der Waals surface area contributed by atoms with Gasteiger partial charge in [-0.3, -0.25) is 0 Å². The van der Waals surface area contributed by atoms with Crippen molar-refractivity contribution in [1.29, 1.82) is 0 Å². The van der Waals surface area contributed by atoms with Crippen LogP contribution in [-0.4, -0.2) is 34.4 Å². The van der Waals surface area contributed by atoms with Crippen LogP contribution in [0.25, 0.3) is 22.5 Å². The number of fused-ring (bicyclic) bond motifs is 1. The summed E-state index contributed by atoms with van der Waals surface area (Å²) in [5.74, 6) is 1.16. The predicted molar refractivity (Wildman–Crippen MR) is 113 cm³/mol. The molecule has 0 radical (unpaired) electrons. The van der Waals surface area contributed by atoms with Crippen molar-refractivity contribution in [3.8, 4) is 11.6 Å². The average Bonchev–Trinajstić information content (AvgIpc) is 3.20. The first kappa shape index (κ1) is 18.6. The van der Waals surface area contributed by atoms with E-state index in [1.807, 2.05) is 0 Å². The molecular weight excluding hydrogens is 364 g/mol. The van der Waals surface area contributed by atoms with Crippen molar-refractivity contribution < 1.29 is 9.15 Å². The molecule has 0 amide bonds. The maximum absolute atomic E-state index is 5.88. The van der Waals surface area contributed by atoms with Gasteiger partial charge in [-0.2, -0.15) is 0 Å². The summed E-state index contributed by atoms with van der Waals surface area (Å²) >= 11 is 0. The second-order valence-corrected chi connectivity index (χ2v) is 9.43. The van der Waals surface area contributed by atoms with Gasteiger partial charge in [0.2, 0.25) is 0 Å². The van der Waals surface area contributed by atoms with E-state index in [0.717, 1.165) is 24.2 Å². The minimum absolute atomic E-state index is 0.00520. The highest BCUT2D eigenvalue weighted by atomic mass is 16.5. The normalized spacial score (nSPS) is 19.8. The second kappa shape index (κ2) is 6.80. The average molecular weight is 393 g/mol. The lowest BCUT2D eigenvalue weighted by atomic mass is 9.83. The summed E-state index contributed by atoms with van der Waals surface area (Å²) in [5.41, 5.74) is 5.68. The van der Waals surface area contributed by atoms with Gasteiger partial charge in [0.15, 0.2) is 0 Å². The smallest absolute Gasteiger partial charge is 0.316 e. The zero-order valence-corrected chi connectivity index (χ0v) is 17.6. The van der Waals surface area contributed by atoms with Crippen LogP contribution in [0.3, 0.4) is 0 Å². The summed E-state index contributed by atoms with van der Waals surface area (Å²) in [6.07, 6.45) is 3.54. The molecule has 1 atom stereocenters. The maximum Gasteiger partial charge on any atom is 0.316 e. The van der Waals surface area contributed by atoms with E-state index in [1.165, 1.54) is 34.9 Å². The lowest BCUT2D eigenvalue weighted by Gasteiger charge is -2.23. The molecule has 6 heteroatoms. The van der Waals surface area contributed by atoms with Gasteiger partial charge in [-0.05, 0) is 66.3 Å². The van der Waals surface area contributed by atoms with Gasteiger partial charge in [0.1, 0.15) is 5.69 Å². The summed E-state index contributed by atoms with van der Waals surface area (Å²) in [4.78, 5) is 4.99. The van der Waals surface area contributed by atoms with E-state index in [9.17, 15) is 0 Å². The van der Waals surface area contributed by atoms with E-state index >= 15 is 0 Å². The number of hydrogen-bond acceptors (Lipinski definition) is 6. The van der Waals surface area contributed by atoms with Crippen LogP contribution in [0.4, 0.5) is 6.01 Å². The van der Waals surface area contributed by atoms with Crippen molar-refractivity contribution >= 4 is 16.9 Å². The fourth-order valence-electron chi connectivity index (χ4n) is 4.06. The van der Waals surface area contributed by atoms with Gasteiger partial charge in [-0.15, -0.1) is 5.10 Å². The molecule has 6 nitrogen and oxygen atoms in total. The van der Waals surface area contributed by atoms with Gasteiger partial charge in [0.25, 0.3) is 5.89 Å². The SMILES string of the molecule is Cc1cc(-c2nnc(N[C@H]3CCOC3)o2)nc2c(C(C)(C)C)cc(C3CC3)cc12. The van der Waals surface area contributed by atoms with Crippen molar-refractivity contribution in [2.75, 3.05) is 18.5 Å². The number of pyridine rings is 1. The number of rotatable bonds is 4. The van der Waals surface area contributed by atoms with Crippen molar-refractivity contribution in [2.45, 2.75) is 64.3 Å². The standard InChI is InChI=1S/C23H28N4O2/c1-13-9-19(21-26-27-22(29-21)24-16-7-8-28-12-16)25-20-17(13)10-15(14-5-6-14)11-18(20)23(2,3)4/h9-11,14,16H,5-8,12H2,1-4H3,(H,24,27)/t16-/m0/s1. The number of aromatic nitrogens is 3. The van der Waals surface area contributed by atoms with E-state index in [1.54, 1.807) is 0 Å². The topological polar surface area (TPSA) is 73.1 Å². The number of nitrogens with one attached hydrogen (secondary N) is 1. The second-order valence-electron chi connectivity index (χ2n) is 9.43. The highest BCUT2D eigenvalue weighted by Crippen LogP contribution is 2.44. The molecule has 1 aromatic carbocycles. The van der Waals surface area contributed by atoms with Crippen LogP contribution in [-0.2, 0) is 10.2 Å². The van der Waals surface area contributed by atoms with Crippen molar-refractivity contribution in [1.82, 2.24) is 15.2 Å². The van der Waals surface area contributed by atoms with Crippen LogP contribution in [0.1, 0.15) is 62.6 Å². The summed E-state index contributed by atoms with van der Waals surface area (Å²) in [5, 5.41) is 12.9. The molecular formula is C23H28N4O2. The summed E-state index contributed by atoms with van der Waals surface area (Å²) in [7, 11) is 0. The summed E-state index contributed by atoms with van der Waals surface area (Å²) in [6, 6.07) is 7.39. The summed E-state index contributed by atoms with van der Waals surface area (Å²) in [6.45, 7) is 10.3. The van der Waals surface area contributed by atoms with Crippen LogP contribution in [0, 0.1) is 6.92 Å². The van der Waals surface area contributed by atoms with Gasteiger partial charge < -0.3 is 14.5 Å². The number of benzene rings is 1. The Morgan fingerprint density at radius 1 is 1.07 bits per heavy atom. The molecule has 1 aliphatic carbocycles. The van der Waals surface area contributed by atoms with Crippen molar-refractivity contribution in [2.24, 2.45) is 0 Å². The quantitative estimate of drug-likeness (QED) is 0.676. The molecule has 3 heterocycles. The van der Waals surface area contributed by atoms with Crippen molar-refractivity contribution in [3.05, 3.63) is 34.9 Å². The third-order valence-corrected chi connectivity index (χ3v) is 5.90. The number of anilines is 1. The summed E-state index contributed by atoms with van der Waals surface area (Å²) < 4.78 is 11.3. The first-order chi connectivity index (χ1) is 13.9. The van der Waals surface area contributed by atoms with E-state index in [4.69, 9.17) is 14.1 Å². The molecule has 152 valence electrons. The van der Waals surface area contributed by atoms with Gasteiger partial charge in [0.05, 0.1) is 18.2 Å². The first-order valence-corrected chi connectivity index (χ1v) is 10.5. The van der Waals surface area contributed by atoms with Crippen molar-refractivity contribution in [3.63, 3.8) is 0 Å². The van der Waals surface area contributed by atoms with Crippen LogP contribution in [0.2, 0.25) is 0 Å². The molecule has 0 bridgehead atoms. The Morgan fingerprint density at radius 3 is 2.59 bits per heavy atom. The van der Waals surface area contributed by atoms with Crippen LogP contribution in [0.15, 0.2) is 22.6 Å². The highest BCUT2D eigenvalue weighted by molar-refractivity contribution is 5.88. The molecule has 29 heavy (non-hydrogen) atoms. The Balaban J connectivity index is 1.57. The Morgan fingerprint density at radius 2 is 1.90 bits per heavy atom. The minimum atomic E-state index is 0.00520. The van der Waals surface area contributed by atoms with E-state index < -0.39 is 0 Å². The third kappa shape index (κ3) is 3.62. The Labute approximate surface area is 171 Å². The molecule has 1 saturated carbocycles. The molecule has 2 aliphatic rings. The first-order valence-electron chi connectivity index (χ1n) is 10.5. The third-order valence-electron chi connectivity index (χ3n) is 5.90. The van der Waals surface area contributed by atoms with Gasteiger partial charge in [-0.25, -0.2) is 4.98 Å². The van der Waals surface area contributed by atoms with Gasteiger partial charge >= 0.3 is 6.01 Å². The maximum atomic E-state index is 5.88. The molecule has 1 saturated heterocycles. The molecule has 2 fully saturated rings. The lowest BCUT2D eigenvalue weighted by Crippen LogP contribution is -2.18. The van der Waals surface area contributed by atoms with E-state index in [2.05, 4.69) is 61.4 Å². The molecule has 5 rings (SSSR count). The monoisotopic (exact) mass is 392 g/mol. The lowest BCUT2D eigenvalue weighted by molar-refractivity contribution is 0.195. The Bertz CT molecular complexity index is 1060. The number of ether oxygens (including phenoxy) is 1. The van der Waals surface area contributed by atoms with Crippen LogP contribution >= 0.6 is 0 Å². The molecule has 0 spiro atoms. The number of aryl methyl sites for hydroxylation is 1. The predicted octanol–water partition coefficient (Wildman–Crippen LogP) is 4.97. The Kier molecular flexibility index (Phi) is 4.35.